The molecule has 9 heteroatoms. The summed E-state index contributed by atoms with van der Waals surface area (Å²) >= 11 is 1.47. The van der Waals surface area contributed by atoms with Gasteiger partial charge in [0.2, 0.25) is 0 Å². The number of amides is 1. The highest BCUT2D eigenvalue weighted by molar-refractivity contribution is 7.08. The molecule has 5 rings (SSSR count). The fraction of sp³-hybridized carbons (Fsp3) is 0.200. The lowest BCUT2D eigenvalue weighted by molar-refractivity contribution is 0.0690. The first-order valence-corrected chi connectivity index (χ1v) is 11.8. The smallest absolute Gasteiger partial charge is 0.343 e. The first-order valence-electron chi connectivity index (χ1n) is 10.9. The number of hydrogen-bond donors (Lipinski definition) is 1. The van der Waals surface area contributed by atoms with Crippen molar-refractivity contribution < 1.29 is 14.7 Å². The molecule has 1 amide bonds. The number of carbonyl (C=O) groups excluding carboxylic acids is 1. The molecule has 0 bridgehead atoms. The number of aromatic nitrogens is 2. The predicted molar refractivity (Wildman–Crippen MR) is 131 cm³/mol. The van der Waals surface area contributed by atoms with Crippen molar-refractivity contribution in [3.8, 4) is 0 Å². The van der Waals surface area contributed by atoms with Crippen molar-refractivity contribution in [3.05, 3.63) is 92.5 Å². The molecule has 3 aromatic heterocycles. The Morgan fingerprint density at radius 3 is 2.44 bits per heavy atom. The summed E-state index contributed by atoms with van der Waals surface area (Å²) in [6.45, 7) is 1.92. The molecular formula is C25H22N4O4S. The van der Waals surface area contributed by atoms with Crippen molar-refractivity contribution in [3.63, 3.8) is 0 Å². The van der Waals surface area contributed by atoms with Gasteiger partial charge in [-0.3, -0.25) is 14.2 Å². The van der Waals surface area contributed by atoms with E-state index >= 15 is 0 Å². The molecule has 0 aliphatic carbocycles. The second-order valence-corrected chi connectivity index (χ2v) is 8.85. The Balaban J connectivity index is 1.55. The minimum Gasteiger partial charge on any atom is -0.477 e. The third-order valence-electron chi connectivity index (χ3n) is 6.04. The number of rotatable bonds is 5. The number of piperazine rings is 1. The maximum absolute atomic E-state index is 13.5. The maximum atomic E-state index is 13.5. The van der Waals surface area contributed by atoms with E-state index in [1.165, 1.54) is 15.9 Å². The number of carboxylic acid groups (broad SMARTS) is 1. The summed E-state index contributed by atoms with van der Waals surface area (Å²) in [6.07, 6.45) is 1.60. The standard InChI is InChI=1S/C25H22N4O4S/c30-23(18-8-14-34-16-18)28-12-10-27(11-13-28)21-19-7-4-9-26-22(19)29(24(31)20(21)25(32)33)15-17-5-2-1-3-6-17/h1-9,14,16H,10-13,15H2,(H,32,33). The van der Waals surface area contributed by atoms with Crippen molar-refractivity contribution in [2.75, 3.05) is 31.1 Å². The quantitative estimate of drug-likeness (QED) is 0.477. The Morgan fingerprint density at radius 1 is 1.00 bits per heavy atom. The summed E-state index contributed by atoms with van der Waals surface area (Å²) in [4.78, 5) is 46.6. The first-order chi connectivity index (χ1) is 16.5. The van der Waals surface area contributed by atoms with Crippen LogP contribution in [-0.2, 0) is 6.54 Å². The molecular weight excluding hydrogens is 452 g/mol. The van der Waals surface area contributed by atoms with Crippen molar-refractivity contribution in [2.24, 2.45) is 0 Å². The maximum Gasteiger partial charge on any atom is 0.343 e. The lowest BCUT2D eigenvalue weighted by Gasteiger charge is -2.37. The number of anilines is 1. The van der Waals surface area contributed by atoms with E-state index in [0.717, 1.165) is 5.56 Å². The number of aromatic carboxylic acids is 1. The summed E-state index contributed by atoms with van der Waals surface area (Å²) in [5.41, 5.74) is 1.48. The van der Waals surface area contributed by atoms with Gasteiger partial charge in [0.25, 0.3) is 11.5 Å². The summed E-state index contributed by atoms with van der Waals surface area (Å²) in [5.74, 6) is -1.31. The normalized spacial score (nSPS) is 13.9. The average Bonchev–Trinajstić information content (AvgIpc) is 3.40. The van der Waals surface area contributed by atoms with E-state index in [9.17, 15) is 19.5 Å². The highest BCUT2D eigenvalue weighted by Crippen LogP contribution is 2.29. The molecule has 1 fully saturated rings. The Hall–Kier alpha value is -3.98. The number of thiophene rings is 1. The van der Waals surface area contributed by atoms with Crippen LogP contribution in [0.1, 0.15) is 26.3 Å². The zero-order valence-electron chi connectivity index (χ0n) is 18.3. The molecule has 34 heavy (non-hydrogen) atoms. The van der Waals surface area contributed by atoms with E-state index < -0.39 is 11.5 Å². The van der Waals surface area contributed by atoms with E-state index in [-0.39, 0.29) is 18.0 Å². The van der Waals surface area contributed by atoms with E-state index in [2.05, 4.69) is 4.98 Å². The van der Waals surface area contributed by atoms with Crippen LogP contribution in [0.5, 0.6) is 0 Å². The monoisotopic (exact) mass is 474 g/mol. The largest absolute Gasteiger partial charge is 0.477 e. The minimum atomic E-state index is -1.27. The second kappa shape index (κ2) is 9.11. The van der Waals surface area contributed by atoms with Crippen LogP contribution in [0, 0.1) is 0 Å². The number of pyridine rings is 2. The average molecular weight is 475 g/mol. The minimum absolute atomic E-state index is 0.0378. The van der Waals surface area contributed by atoms with E-state index in [1.807, 2.05) is 46.0 Å². The third kappa shape index (κ3) is 3.94. The first kappa shape index (κ1) is 21.8. The van der Waals surface area contributed by atoms with Gasteiger partial charge in [0.15, 0.2) is 0 Å². The third-order valence-corrected chi connectivity index (χ3v) is 6.73. The van der Waals surface area contributed by atoms with Crippen molar-refractivity contribution in [1.29, 1.82) is 0 Å². The van der Waals surface area contributed by atoms with Gasteiger partial charge in [-0.15, -0.1) is 0 Å². The molecule has 0 unspecified atom stereocenters. The number of nitrogens with zero attached hydrogens (tertiary/aromatic N) is 4. The zero-order valence-corrected chi connectivity index (χ0v) is 19.1. The molecule has 172 valence electrons. The van der Waals surface area contributed by atoms with Crippen molar-refractivity contribution in [1.82, 2.24) is 14.5 Å². The Kier molecular flexibility index (Phi) is 5.85. The molecule has 1 aliphatic heterocycles. The van der Waals surface area contributed by atoms with Gasteiger partial charge < -0.3 is 14.9 Å². The van der Waals surface area contributed by atoms with Crippen LogP contribution in [0.3, 0.4) is 0 Å². The highest BCUT2D eigenvalue weighted by Gasteiger charge is 2.30. The van der Waals surface area contributed by atoms with Gasteiger partial charge >= 0.3 is 5.97 Å². The van der Waals surface area contributed by atoms with Gasteiger partial charge in [-0.05, 0) is 29.1 Å². The summed E-state index contributed by atoms with van der Waals surface area (Å²) < 4.78 is 1.42. The van der Waals surface area contributed by atoms with E-state index in [0.29, 0.717) is 48.5 Å². The number of hydrogen-bond acceptors (Lipinski definition) is 6. The summed E-state index contributed by atoms with van der Waals surface area (Å²) in [7, 11) is 0. The van der Waals surface area contributed by atoms with Crippen LogP contribution in [0.15, 0.2) is 70.3 Å². The van der Waals surface area contributed by atoms with Gasteiger partial charge in [-0.1, -0.05) is 30.3 Å². The fourth-order valence-electron chi connectivity index (χ4n) is 4.40. The van der Waals surface area contributed by atoms with Gasteiger partial charge in [-0.2, -0.15) is 11.3 Å². The van der Waals surface area contributed by atoms with Crippen molar-refractivity contribution in [2.45, 2.75) is 6.54 Å². The number of fused-ring (bicyclic) bond motifs is 1. The summed E-state index contributed by atoms with van der Waals surface area (Å²) in [6, 6.07) is 14.8. The SMILES string of the molecule is O=C(O)c1c(N2CCN(C(=O)c3ccsc3)CC2)c2cccnc2n(Cc2ccccc2)c1=O. The molecule has 4 heterocycles. The highest BCUT2D eigenvalue weighted by atomic mass is 32.1. The van der Waals surface area contributed by atoms with Crippen LogP contribution < -0.4 is 10.5 Å². The van der Waals surface area contributed by atoms with Crippen LogP contribution in [0.2, 0.25) is 0 Å². The van der Waals surface area contributed by atoms with Gasteiger partial charge in [0.1, 0.15) is 11.2 Å². The number of carboxylic acids is 1. The van der Waals surface area contributed by atoms with Crippen molar-refractivity contribution >= 4 is 39.9 Å². The lowest BCUT2D eigenvalue weighted by atomic mass is 10.1. The van der Waals surface area contributed by atoms with Gasteiger partial charge in [0.05, 0.1) is 17.8 Å². The number of benzene rings is 1. The molecule has 0 atom stereocenters. The van der Waals surface area contributed by atoms with E-state index in [4.69, 9.17) is 0 Å². The predicted octanol–water partition coefficient (Wildman–Crippen LogP) is 3.17. The molecule has 1 aliphatic rings. The Morgan fingerprint density at radius 2 is 1.76 bits per heavy atom. The fourth-order valence-corrected chi connectivity index (χ4v) is 5.03. The van der Waals surface area contributed by atoms with E-state index in [1.54, 1.807) is 29.3 Å². The van der Waals surface area contributed by atoms with Crippen LogP contribution in [0.4, 0.5) is 5.69 Å². The van der Waals surface area contributed by atoms with Crippen LogP contribution in [0.25, 0.3) is 11.0 Å². The van der Waals surface area contributed by atoms with Crippen LogP contribution >= 0.6 is 11.3 Å². The number of carbonyl (C=O) groups is 2. The molecule has 8 nitrogen and oxygen atoms in total. The Labute approximate surface area is 199 Å². The zero-order chi connectivity index (χ0) is 23.7. The molecule has 1 saturated heterocycles. The molecule has 0 saturated carbocycles. The lowest BCUT2D eigenvalue weighted by Crippen LogP contribution is -2.49. The topological polar surface area (TPSA) is 95.7 Å². The van der Waals surface area contributed by atoms with Crippen LogP contribution in [-0.4, -0.2) is 57.6 Å². The van der Waals surface area contributed by atoms with Gasteiger partial charge in [-0.25, -0.2) is 9.78 Å². The molecule has 0 radical (unpaired) electrons. The molecule has 1 N–H and O–H groups in total. The molecule has 0 spiro atoms. The second-order valence-electron chi connectivity index (χ2n) is 8.07. The Bertz CT molecular complexity index is 1410. The van der Waals surface area contributed by atoms with Gasteiger partial charge in [0, 0.05) is 43.1 Å². The molecule has 1 aromatic carbocycles. The molecule has 4 aromatic rings. The summed E-state index contributed by atoms with van der Waals surface area (Å²) in [5, 5.41) is 14.4.